The smallest absolute Gasteiger partial charge is 0.122 e. The molecule has 3 heteroatoms. The minimum Gasteiger partial charge on any atom is -0.525 e. The van der Waals surface area contributed by atoms with Gasteiger partial charge in [-0.15, -0.1) is 0 Å². The number of ether oxygens (including phenoxy) is 2. The van der Waals surface area contributed by atoms with Crippen molar-refractivity contribution in [1.29, 1.82) is 0 Å². The largest absolute Gasteiger partial charge is 0.525 e. The van der Waals surface area contributed by atoms with E-state index in [9.17, 15) is 0 Å². The molecule has 1 rings (SSSR count). The number of hydrogen-bond donors (Lipinski definition) is 0. The van der Waals surface area contributed by atoms with E-state index in [1.807, 2.05) is 24.3 Å². The molecule has 0 saturated heterocycles. The molecule has 0 amide bonds. The Bertz CT molecular complexity index is 251. The predicted octanol–water partition coefficient (Wildman–Crippen LogP) is 2.69. The van der Waals surface area contributed by atoms with Gasteiger partial charge < -0.3 is 16.4 Å². The molecule has 0 spiro atoms. The van der Waals surface area contributed by atoms with E-state index in [2.05, 4.69) is 13.8 Å². The second-order valence-electron chi connectivity index (χ2n) is 2.67. The van der Waals surface area contributed by atoms with Crippen LogP contribution in [0.25, 0.3) is 0 Å². The van der Waals surface area contributed by atoms with Crippen molar-refractivity contribution in [2.24, 2.45) is 0 Å². The molecule has 0 fully saturated rings. The monoisotopic (exact) mass is 363 g/mol. The minimum atomic E-state index is 0. The standard InChI is InChI=1S/C11H15O2.W/c1-3-8-13-11-7-5-6-10(9-11)12-4-2;/h5-7,9H,2-4,8H2,1H3;/q-1;. The fourth-order valence-corrected chi connectivity index (χ4v) is 0.992. The fourth-order valence-electron chi connectivity index (χ4n) is 0.992. The van der Waals surface area contributed by atoms with Crippen molar-refractivity contribution >= 4 is 0 Å². The molecular formula is C11H15O2W-. The van der Waals surface area contributed by atoms with Crippen molar-refractivity contribution in [3.05, 3.63) is 31.2 Å². The Labute approximate surface area is 99.9 Å². The van der Waals surface area contributed by atoms with E-state index >= 15 is 0 Å². The summed E-state index contributed by atoms with van der Waals surface area (Å²) in [7, 11) is 0. The molecular weight excluding hydrogens is 348 g/mol. The average molecular weight is 363 g/mol. The predicted molar refractivity (Wildman–Crippen MR) is 53.1 cm³/mol. The molecule has 2 nitrogen and oxygen atoms in total. The van der Waals surface area contributed by atoms with Crippen LogP contribution in [0.4, 0.5) is 0 Å². The van der Waals surface area contributed by atoms with Gasteiger partial charge in [0.05, 0.1) is 6.61 Å². The van der Waals surface area contributed by atoms with Gasteiger partial charge in [0.15, 0.2) is 0 Å². The Morgan fingerprint density at radius 1 is 1.21 bits per heavy atom. The average Bonchev–Trinajstić information content (AvgIpc) is 2.16. The zero-order chi connectivity index (χ0) is 9.52. The summed E-state index contributed by atoms with van der Waals surface area (Å²) in [6.07, 6.45) is 1.01. The normalized spacial score (nSPS) is 9.00. The Hall–Kier alpha value is -0.492. The van der Waals surface area contributed by atoms with Gasteiger partial charge >= 0.3 is 0 Å². The number of benzene rings is 1. The van der Waals surface area contributed by atoms with Gasteiger partial charge in [-0.2, -0.15) is 0 Å². The SMILES string of the molecule is [CH2-]COc1cccc(OCCC)c1.[W]. The summed E-state index contributed by atoms with van der Waals surface area (Å²) in [5.41, 5.74) is 0. The zero-order valence-electron chi connectivity index (χ0n) is 8.36. The van der Waals surface area contributed by atoms with Crippen LogP contribution in [-0.4, -0.2) is 13.2 Å². The zero-order valence-corrected chi connectivity index (χ0v) is 11.3. The third-order valence-corrected chi connectivity index (χ3v) is 1.55. The van der Waals surface area contributed by atoms with Crippen molar-refractivity contribution in [2.45, 2.75) is 13.3 Å². The molecule has 1 aromatic carbocycles. The van der Waals surface area contributed by atoms with Crippen molar-refractivity contribution < 1.29 is 30.5 Å². The van der Waals surface area contributed by atoms with Crippen molar-refractivity contribution in [1.82, 2.24) is 0 Å². The van der Waals surface area contributed by atoms with Crippen LogP contribution >= 0.6 is 0 Å². The third-order valence-electron chi connectivity index (χ3n) is 1.55. The van der Waals surface area contributed by atoms with Crippen LogP contribution in [0.1, 0.15) is 13.3 Å². The second kappa shape index (κ2) is 7.87. The van der Waals surface area contributed by atoms with Gasteiger partial charge in [0.1, 0.15) is 11.5 Å². The summed E-state index contributed by atoms with van der Waals surface area (Å²) < 4.78 is 10.7. The molecule has 14 heavy (non-hydrogen) atoms. The van der Waals surface area contributed by atoms with Crippen molar-refractivity contribution in [3.63, 3.8) is 0 Å². The summed E-state index contributed by atoms with van der Waals surface area (Å²) in [6.45, 7) is 6.88. The first-order chi connectivity index (χ1) is 6.36. The van der Waals surface area contributed by atoms with Crippen molar-refractivity contribution in [3.8, 4) is 11.5 Å². The van der Waals surface area contributed by atoms with E-state index < -0.39 is 0 Å². The molecule has 0 aliphatic rings. The Morgan fingerprint density at radius 3 is 2.43 bits per heavy atom. The van der Waals surface area contributed by atoms with E-state index in [1.54, 1.807) is 0 Å². The van der Waals surface area contributed by atoms with Crippen LogP contribution < -0.4 is 9.47 Å². The second-order valence-corrected chi connectivity index (χ2v) is 2.67. The molecule has 0 aromatic heterocycles. The van der Waals surface area contributed by atoms with Crippen LogP contribution in [-0.2, 0) is 21.1 Å². The molecule has 1 aromatic rings. The summed E-state index contributed by atoms with van der Waals surface area (Å²) in [4.78, 5) is 0. The van der Waals surface area contributed by atoms with Crippen LogP contribution in [0.2, 0.25) is 0 Å². The maximum atomic E-state index is 5.44. The first-order valence-electron chi connectivity index (χ1n) is 4.51. The molecule has 0 bridgehead atoms. The molecule has 78 valence electrons. The van der Waals surface area contributed by atoms with E-state index in [-0.39, 0.29) is 21.1 Å². The molecule has 0 atom stereocenters. The van der Waals surface area contributed by atoms with E-state index in [4.69, 9.17) is 9.47 Å². The minimum absolute atomic E-state index is 0. The first-order valence-corrected chi connectivity index (χ1v) is 4.51. The van der Waals surface area contributed by atoms with Crippen LogP contribution in [0.5, 0.6) is 11.5 Å². The topological polar surface area (TPSA) is 18.5 Å². The van der Waals surface area contributed by atoms with E-state index in [1.165, 1.54) is 0 Å². The molecule has 0 N–H and O–H groups in total. The third kappa shape index (κ3) is 4.66. The molecule has 0 heterocycles. The maximum Gasteiger partial charge on any atom is 0.122 e. The summed E-state index contributed by atoms with van der Waals surface area (Å²) >= 11 is 0. The van der Waals surface area contributed by atoms with Gasteiger partial charge in [-0.25, -0.2) is 0 Å². The molecule has 0 aliphatic heterocycles. The van der Waals surface area contributed by atoms with Crippen molar-refractivity contribution in [2.75, 3.05) is 13.2 Å². The molecule has 0 aliphatic carbocycles. The van der Waals surface area contributed by atoms with Gasteiger partial charge in [0.2, 0.25) is 0 Å². The number of rotatable bonds is 5. The maximum absolute atomic E-state index is 5.44. The Kier molecular flexibility index (Phi) is 7.59. The van der Waals surface area contributed by atoms with Crippen LogP contribution in [0.15, 0.2) is 24.3 Å². The Morgan fingerprint density at radius 2 is 1.86 bits per heavy atom. The fraction of sp³-hybridized carbons (Fsp3) is 0.364. The summed E-state index contributed by atoms with van der Waals surface area (Å²) in [6, 6.07) is 7.60. The van der Waals surface area contributed by atoms with E-state index in [0.717, 1.165) is 24.5 Å². The molecule has 0 radical (unpaired) electrons. The van der Waals surface area contributed by atoms with Gasteiger partial charge in [-0.3, -0.25) is 0 Å². The van der Waals surface area contributed by atoms with Gasteiger partial charge in [-0.05, 0) is 25.2 Å². The van der Waals surface area contributed by atoms with E-state index in [0.29, 0.717) is 6.61 Å². The van der Waals surface area contributed by atoms with Crippen LogP contribution in [0.3, 0.4) is 0 Å². The Balaban J connectivity index is 0.00000169. The molecule has 0 unspecified atom stereocenters. The summed E-state index contributed by atoms with van der Waals surface area (Å²) in [5.74, 6) is 1.66. The summed E-state index contributed by atoms with van der Waals surface area (Å²) in [5, 5.41) is 0. The van der Waals surface area contributed by atoms with Gasteiger partial charge in [-0.1, -0.05) is 13.0 Å². The number of hydrogen-bond acceptors (Lipinski definition) is 2. The quantitative estimate of drug-likeness (QED) is 0.750. The first kappa shape index (κ1) is 13.5. The van der Waals surface area contributed by atoms with Gasteiger partial charge in [0, 0.05) is 27.1 Å². The van der Waals surface area contributed by atoms with Gasteiger partial charge in [0.25, 0.3) is 0 Å². The van der Waals surface area contributed by atoms with Crippen LogP contribution in [0, 0.1) is 6.92 Å². The molecule has 0 saturated carbocycles.